The molecule has 1 unspecified atom stereocenters. The van der Waals surface area contributed by atoms with E-state index < -0.39 is 0 Å². The minimum absolute atomic E-state index is 0.251. The topological polar surface area (TPSA) is 42.7 Å². The van der Waals surface area contributed by atoms with Crippen LogP contribution < -0.4 is 5.32 Å². The Bertz CT molecular complexity index is 580. The molecule has 0 aliphatic carbocycles. The van der Waals surface area contributed by atoms with Gasteiger partial charge in [-0.15, -0.1) is 0 Å². The summed E-state index contributed by atoms with van der Waals surface area (Å²) in [5, 5.41) is 8.25. The van der Waals surface area contributed by atoms with Crippen LogP contribution in [0.15, 0.2) is 30.5 Å². The van der Waals surface area contributed by atoms with Crippen molar-refractivity contribution in [2.75, 3.05) is 11.9 Å². The molecule has 2 aromatic rings. The lowest BCUT2D eigenvalue weighted by atomic mass is 9.91. The van der Waals surface area contributed by atoms with E-state index in [-0.39, 0.29) is 11.5 Å². The second kappa shape index (κ2) is 4.93. The number of aromatic nitrogens is 3. The van der Waals surface area contributed by atoms with Crippen LogP contribution in [0.5, 0.6) is 0 Å². The first-order valence-electron chi connectivity index (χ1n) is 7.26. The Morgan fingerprint density at radius 2 is 2.20 bits per heavy atom. The van der Waals surface area contributed by atoms with E-state index in [1.165, 1.54) is 0 Å². The molecule has 0 aromatic carbocycles. The standard InChI is InChI=1S/C16H22N4/c1-16(2,3)11-12-10-15-18-9-7-14(20(15)19-12)13-6-4-5-8-17-13/h4-6,8,10,14,18H,7,9,11H2,1-3H3. The number of rotatable bonds is 2. The maximum atomic E-state index is 4.81. The molecule has 0 bridgehead atoms. The van der Waals surface area contributed by atoms with Crippen molar-refractivity contribution in [2.45, 2.75) is 39.7 Å². The third-order valence-electron chi connectivity index (χ3n) is 3.55. The molecule has 106 valence electrons. The van der Waals surface area contributed by atoms with Crippen LogP contribution >= 0.6 is 0 Å². The normalized spacial score (nSPS) is 18.4. The van der Waals surface area contributed by atoms with Gasteiger partial charge in [0.05, 0.1) is 17.4 Å². The predicted molar refractivity (Wildman–Crippen MR) is 80.9 cm³/mol. The van der Waals surface area contributed by atoms with Crippen LogP contribution in [0.2, 0.25) is 0 Å². The molecule has 2 aromatic heterocycles. The second-order valence-electron chi connectivity index (χ2n) is 6.69. The number of pyridine rings is 1. The maximum absolute atomic E-state index is 4.81. The van der Waals surface area contributed by atoms with Crippen molar-refractivity contribution in [1.29, 1.82) is 0 Å². The van der Waals surface area contributed by atoms with Gasteiger partial charge in [0.15, 0.2) is 0 Å². The van der Waals surface area contributed by atoms with Crippen LogP contribution in [0.25, 0.3) is 0 Å². The van der Waals surface area contributed by atoms with Gasteiger partial charge < -0.3 is 5.32 Å². The van der Waals surface area contributed by atoms with E-state index in [0.717, 1.165) is 36.6 Å². The van der Waals surface area contributed by atoms with Crippen LogP contribution in [-0.2, 0) is 6.42 Å². The molecule has 4 heteroatoms. The lowest BCUT2D eigenvalue weighted by Crippen LogP contribution is -2.25. The molecule has 1 aliphatic rings. The Morgan fingerprint density at radius 1 is 1.35 bits per heavy atom. The number of nitrogens with one attached hydrogen (secondary N) is 1. The fourth-order valence-electron chi connectivity index (χ4n) is 2.75. The molecule has 20 heavy (non-hydrogen) atoms. The summed E-state index contributed by atoms with van der Waals surface area (Å²) >= 11 is 0. The first-order valence-corrected chi connectivity index (χ1v) is 7.26. The lowest BCUT2D eigenvalue weighted by Gasteiger charge is -2.25. The van der Waals surface area contributed by atoms with Gasteiger partial charge in [-0.05, 0) is 30.4 Å². The zero-order chi connectivity index (χ0) is 14.2. The van der Waals surface area contributed by atoms with Crippen LogP contribution in [0.3, 0.4) is 0 Å². The Labute approximate surface area is 120 Å². The number of anilines is 1. The molecule has 1 N–H and O–H groups in total. The van der Waals surface area contributed by atoms with Crippen molar-refractivity contribution in [2.24, 2.45) is 5.41 Å². The number of hydrogen-bond acceptors (Lipinski definition) is 3. The van der Waals surface area contributed by atoms with Crippen LogP contribution in [0.1, 0.15) is 44.6 Å². The number of fused-ring (bicyclic) bond motifs is 1. The van der Waals surface area contributed by atoms with Crippen molar-refractivity contribution in [1.82, 2.24) is 14.8 Å². The average molecular weight is 270 g/mol. The molecular formula is C16H22N4. The highest BCUT2D eigenvalue weighted by Crippen LogP contribution is 2.30. The minimum Gasteiger partial charge on any atom is -0.370 e. The van der Waals surface area contributed by atoms with Crippen molar-refractivity contribution < 1.29 is 0 Å². The fourth-order valence-corrected chi connectivity index (χ4v) is 2.75. The van der Waals surface area contributed by atoms with Gasteiger partial charge in [-0.3, -0.25) is 4.98 Å². The van der Waals surface area contributed by atoms with Gasteiger partial charge in [0.1, 0.15) is 5.82 Å². The SMILES string of the molecule is CC(C)(C)Cc1cc2n(n1)C(c1ccccn1)CCN2. The average Bonchev–Trinajstić information content (AvgIpc) is 2.79. The summed E-state index contributed by atoms with van der Waals surface area (Å²) in [6.07, 6.45) is 3.88. The summed E-state index contributed by atoms with van der Waals surface area (Å²) in [5.41, 5.74) is 2.51. The summed E-state index contributed by atoms with van der Waals surface area (Å²) < 4.78 is 2.10. The molecule has 3 heterocycles. The van der Waals surface area contributed by atoms with E-state index in [9.17, 15) is 0 Å². The second-order valence-corrected chi connectivity index (χ2v) is 6.69. The zero-order valence-electron chi connectivity index (χ0n) is 12.4. The predicted octanol–water partition coefficient (Wildman–Crippen LogP) is 3.27. The molecule has 0 saturated carbocycles. The molecular weight excluding hydrogens is 248 g/mol. The van der Waals surface area contributed by atoms with Gasteiger partial charge in [-0.1, -0.05) is 26.8 Å². The highest BCUT2D eigenvalue weighted by Gasteiger charge is 2.25. The quantitative estimate of drug-likeness (QED) is 0.910. The molecule has 1 aliphatic heterocycles. The minimum atomic E-state index is 0.251. The Morgan fingerprint density at radius 3 is 2.90 bits per heavy atom. The Hall–Kier alpha value is -1.84. The Balaban J connectivity index is 1.93. The molecule has 0 radical (unpaired) electrons. The summed E-state index contributed by atoms with van der Waals surface area (Å²) in [5.74, 6) is 1.12. The summed E-state index contributed by atoms with van der Waals surface area (Å²) in [6.45, 7) is 7.71. The third-order valence-corrected chi connectivity index (χ3v) is 3.55. The largest absolute Gasteiger partial charge is 0.370 e. The van der Waals surface area contributed by atoms with Crippen LogP contribution in [0.4, 0.5) is 5.82 Å². The molecule has 0 fully saturated rings. The smallest absolute Gasteiger partial charge is 0.125 e. The summed E-state index contributed by atoms with van der Waals surface area (Å²) in [7, 11) is 0. The molecule has 1 atom stereocenters. The summed E-state index contributed by atoms with van der Waals surface area (Å²) in [6, 6.07) is 8.52. The van der Waals surface area contributed by atoms with Gasteiger partial charge in [0.25, 0.3) is 0 Å². The first-order chi connectivity index (χ1) is 9.53. The van der Waals surface area contributed by atoms with E-state index in [1.807, 2.05) is 18.3 Å². The number of nitrogens with zero attached hydrogens (tertiary/aromatic N) is 3. The van der Waals surface area contributed by atoms with Crippen LogP contribution in [0, 0.1) is 5.41 Å². The molecule has 0 spiro atoms. The van der Waals surface area contributed by atoms with Gasteiger partial charge in [0, 0.05) is 18.8 Å². The molecule has 0 amide bonds. The third kappa shape index (κ3) is 2.69. The molecule has 0 saturated heterocycles. The van der Waals surface area contributed by atoms with Gasteiger partial charge in [0.2, 0.25) is 0 Å². The fraction of sp³-hybridized carbons (Fsp3) is 0.500. The zero-order valence-corrected chi connectivity index (χ0v) is 12.4. The van der Waals surface area contributed by atoms with E-state index in [4.69, 9.17) is 5.10 Å². The van der Waals surface area contributed by atoms with Crippen molar-refractivity contribution in [3.05, 3.63) is 41.9 Å². The maximum Gasteiger partial charge on any atom is 0.125 e. The summed E-state index contributed by atoms with van der Waals surface area (Å²) in [4.78, 5) is 4.50. The monoisotopic (exact) mass is 270 g/mol. The Kier molecular flexibility index (Phi) is 3.24. The van der Waals surface area contributed by atoms with E-state index in [1.54, 1.807) is 0 Å². The molecule has 3 rings (SSSR count). The lowest BCUT2D eigenvalue weighted by molar-refractivity contribution is 0.398. The first kappa shape index (κ1) is 13.2. The van der Waals surface area contributed by atoms with Crippen molar-refractivity contribution >= 4 is 5.82 Å². The van der Waals surface area contributed by atoms with Gasteiger partial charge in [-0.2, -0.15) is 5.10 Å². The number of hydrogen-bond donors (Lipinski definition) is 1. The van der Waals surface area contributed by atoms with Crippen molar-refractivity contribution in [3.63, 3.8) is 0 Å². The van der Waals surface area contributed by atoms with E-state index >= 15 is 0 Å². The van der Waals surface area contributed by atoms with E-state index in [2.05, 4.69) is 47.9 Å². The van der Waals surface area contributed by atoms with Crippen LogP contribution in [-0.4, -0.2) is 21.3 Å². The highest BCUT2D eigenvalue weighted by molar-refractivity contribution is 5.41. The van der Waals surface area contributed by atoms with Gasteiger partial charge in [-0.25, -0.2) is 4.68 Å². The van der Waals surface area contributed by atoms with E-state index in [0.29, 0.717) is 0 Å². The highest BCUT2D eigenvalue weighted by atomic mass is 15.4. The van der Waals surface area contributed by atoms with Gasteiger partial charge >= 0.3 is 0 Å². The van der Waals surface area contributed by atoms with Crippen molar-refractivity contribution in [3.8, 4) is 0 Å². The molecule has 4 nitrogen and oxygen atoms in total.